The van der Waals surface area contributed by atoms with Crippen molar-refractivity contribution in [2.24, 2.45) is 4.99 Å². The molecule has 3 heterocycles. The van der Waals surface area contributed by atoms with E-state index in [1.54, 1.807) is 34.0 Å². The molecule has 2 aromatic carbocycles. The minimum absolute atomic E-state index is 0.359. The maximum Gasteiger partial charge on any atom is 0.161 e. The van der Waals surface area contributed by atoms with Gasteiger partial charge in [-0.3, -0.25) is 9.89 Å². The van der Waals surface area contributed by atoms with Gasteiger partial charge in [0.25, 0.3) is 0 Å². The van der Waals surface area contributed by atoms with Gasteiger partial charge in [-0.2, -0.15) is 0 Å². The second-order valence-corrected chi connectivity index (χ2v) is 9.53. The van der Waals surface area contributed by atoms with Gasteiger partial charge in [-0.25, -0.2) is 0 Å². The molecule has 5 rings (SSSR count). The van der Waals surface area contributed by atoms with E-state index in [4.69, 9.17) is 23.9 Å². The monoisotopic (exact) mass is 476 g/mol. The van der Waals surface area contributed by atoms with Gasteiger partial charge in [0, 0.05) is 43.4 Å². The lowest BCUT2D eigenvalue weighted by Gasteiger charge is -2.43. The Morgan fingerprint density at radius 2 is 1.49 bits per heavy atom. The zero-order valence-electron chi connectivity index (χ0n) is 21.6. The molecular formula is C29H36N2O4. The highest BCUT2D eigenvalue weighted by atomic mass is 16.5. The quantitative estimate of drug-likeness (QED) is 0.517. The van der Waals surface area contributed by atoms with Gasteiger partial charge in [-0.1, -0.05) is 18.1 Å². The van der Waals surface area contributed by atoms with Crippen LogP contribution in [0.2, 0.25) is 0 Å². The molecule has 0 fully saturated rings. The van der Waals surface area contributed by atoms with Crippen molar-refractivity contribution in [2.75, 3.05) is 48.1 Å². The molecule has 0 bridgehead atoms. The maximum atomic E-state index is 5.66. The van der Waals surface area contributed by atoms with Crippen LogP contribution in [-0.2, 0) is 12.8 Å². The SMILES string of the molecule is CCC1=C(CC2=NCCc3cc(OC)c(OC)cc32)C[C@H]2c3cc(OC)c(OC)cc3CCN2C1. The van der Waals surface area contributed by atoms with Gasteiger partial charge in [0.15, 0.2) is 23.0 Å². The molecule has 0 N–H and O–H groups in total. The Kier molecular flexibility index (Phi) is 6.74. The summed E-state index contributed by atoms with van der Waals surface area (Å²) in [4.78, 5) is 7.64. The van der Waals surface area contributed by atoms with E-state index in [-0.39, 0.29) is 0 Å². The average molecular weight is 477 g/mol. The Labute approximate surface area is 208 Å². The number of rotatable bonds is 7. The number of methoxy groups -OCH3 is 4. The summed E-state index contributed by atoms with van der Waals surface area (Å²) in [5, 5.41) is 0. The summed E-state index contributed by atoms with van der Waals surface area (Å²) < 4.78 is 22.4. The minimum Gasteiger partial charge on any atom is -0.493 e. The average Bonchev–Trinajstić information content (AvgIpc) is 2.91. The zero-order valence-corrected chi connectivity index (χ0v) is 21.6. The summed E-state index contributed by atoms with van der Waals surface area (Å²) in [6.07, 6.45) is 4.96. The number of hydrogen-bond acceptors (Lipinski definition) is 6. The molecule has 0 aliphatic carbocycles. The minimum atomic E-state index is 0.359. The van der Waals surface area contributed by atoms with Gasteiger partial charge >= 0.3 is 0 Å². The van der Waals surface area contributed by atoms with E-state index in [9.17, 15) is 0 Å². The Balaban J connectivity index is 1.48. The number of aliphatic imine (C=N–C) groups is 1. The molecule has 0 aromatic heterocycles. The normalized spacial score (nSPS) is 19.3. The number of benzene rings is 2. The molecule has 0 saturated heterocycles. The fraction of sp³-hybridized carbons (Fsp3) is 0.483. The molecule has 2 aromatic rings. The first kappa shape index (κ1) is 23.7. The lowest BCUT2D eigenvalue weighted by atomic mass is 9.80. The Hall–Kier alpha value is -2.99. The predicted molar refractivity (Wildman–Crippen MR) is 139 cm³/mol. The Bertz CT molecular complexity index is 1180. The first-order chi connectivity index (χ1) is 17.1. The van der Waals surface area contributed by atoms with Gasteiger partial charge in [-0.15, -0.1) is 0 Å². The third-order valence-electron chi connectivity index (χ3n) is 7.86. The van der Waals surface area contributed by atoms with E-state index < -0.39 is 0 Å². The number of ether oxygens (including phenoxy) is 4. The van der Waals surface area contributed by atoms with Crippen molar-refractivity contribution in [3.8, 4) is 23.0 Å². The van der Waals surface area contributed by atoms with Crippen LogP contribution < -0.4 is 18.9 Å². The molecule has 0 spiro atoms. The van der Waals surface area contributed by atoms with Crippen LogP contribution in [0.4, 0.5) is 0 Å². The van der Waals surface area contributed by atoms with Crippen LogP contribution in [-0.4, -0.2) is 58.7 Å². The van der Waals surface area contributed by atoms with Crippen LogP contribution in [0.1, 0.15) is 54.5 Å². The summed E-state index contributed by atoms with van der Waals surface area (Å²) in [6, 6.07) is 8.96. The van der Waals surface area contributed by atoms with Crippen LogP contribution >= 0.6 is 0 Å². The first-order valence-electron chi connectivity index (χ1n) is 12.6. The highest BCUT2D eigenvalue weighted by Crippen LogP contribution is 2.44. The van der Waals surface area contributed by atoms with Crippen molar-refractivity contribution in [3.63, 3.8) is 0 Å². The molecule has 0 radical (unpaired) electrons. The summed E-state index contributed by atoms with van der Waals surface area (Å²) >= 11 is 0. The molecule has 6 heteroatoms. The van der Waals surface area contributed by atoms with Gasteiger partial charge in [0.2, 0.25) is 0 Å². The van der Waals surface area contributed by atoms with E-state index in [0.717, 1.165) is 74.7 Å². The van der Waals surface area contributed by atoms with Crippen LogP contribution in [0, 0.1) is 0 Å². The number of nitrogens with zero attached hydrogens (tertiary/aromatic N) is 2. The van der Waals surface area contributed by atoms with Crippen molar-refractivity contribution < 1.29 is 18.9 Å². The molecular weight excluding hydrogens is 440 g/mol. The van der Waals surface area contributed by atoms with Crippen LogP contribution in [0.3, 0.4) is 0 Å². The summed E-state index contributed by atoms with van der Waals surface area (Å²) in [7, 11) is 6.82. The molecule has 3 aliphatic rings. The summed E-state index contributed by atoms with van der Waals surface area (Å²) in [5.41, 5.74) is 9.50. The number of hydrogen-bond donors (Lipinski definition) is 0. The van der Waals surface area contributed by atoms with E-state index in [2.05, 4.69) is 36.1 Å². The number of fused-ring (bicyclic) bond motifs is 4. The molecule has 6 nitrogen and oxygen atoms in total. The highest BCUT2D eigenvalue weighted by molar-refractivity contribution is 6.04. The zero-order chi connectivity index (χ0) is 24.5. The third kappa shape index (κ3) is 4.29. The fourth-order valence-corrected chi connectivity index (χ4v) is 5.95. The largest absolute Gasteiger partial charge is 0.493 e. The van der Waals surface area contributed by atoms with E-state index >= 15 is 0 Å². The van der Waals surface area contributed by atoms with Crippen molar-refractivity contribution in [3.05, 3.63) is 57.7 Å². The summed E-state index contributed by atoms with van der Waals surface area (Å²) in [6.45, 7) is 5.20. The third-order valence-corrected chi connectivity index (χ3v) is 7.86. The molecule has 0 unspecified atom stereocenters. The van der Waals surface area contributed by atoms with Crippen LogP contribution in [0.25, 0.3) is 0 Å². The molecule has 35 heavy (non-hydrogen) atoms. The van der Waals surface area contributed by atoms with Gasteiger partial charge in [-0.05, 0) is 66.6 Å². The second-order valence-electron chi connectivity index (χ2n) is 9.53. The Morgan fingerprint density at radius 1 is 0.829 bits per heavy atom. The van der Waals surface area contributed by atoms with Crippen molar-refractivity contribution in [1.29, 1.82) is 0 Å². The topological polar surface area (TPSA) is 52.5 Å². The van der Waals surface area contributed by atoms with Crippen molar-refractivity contribution in [1.82, 2.24) is 4.90 Å². The van der Waals surface area contributed by atoms with E-state index in [0.29, 0.717) is 6.04 Å². The van der Waals surface area contributed by atoms with Gasteiger partial charge in [0.05, 0.1) is 28.4 Å². The van der Waals surface area contributed by atoms with Crippen molar-refractivity contribution >= 4 is 5.71 Å². The lowest BCUT2D eigenvalue weighted by Crippen LogP contribution is -2.40. The van der Waals surface area contributed by atoms with Crippen LogP contribution in [0.15, 0.2) is 40.4 Å². The molecule has 1 atom stereocenters. The van der Waals surface area contributed by atoms with Crippen molar-refractivity contribution in [2.45, 2.75) is 45.1 Å². The van der Waals surface area contributed by atoms with Gasteiger partial charge < -0.3 is 18.9 Å². The Morgan fingerprint density at radius 3 is 2.17 bits per heavy atom. The fourth-order valence-electron chi connectivity index (χ4n) is 5.95. The first-order valence-corrected chi connectivity index (χ1v) is 12.6. The standard InChI is InChI=1S/C29H36N2O4/c1-6-18-17-31-10-8-20-14-27(33-3)29(35-5)16-23(20)25(31)12-21(18)11-24-22-15-28(34-4)26(32-2)13-19(22)7-9-30-24/h13-16,25H,6-12,17H2,1-5H3/t25-/m0/s1. The molecule has 3 aliphatic heterocycles. The summed E-state index contributed by atoms with van der Waals surface area (Å²) in [5.74, 6) is 3.18. The predicted octanol–water partition coefficient (Wildman–Crippen LogP) is 5.17. The maximum absolute atomic E-state index is 5.66. The molecule has 0 saturated carbocycles. The van der Waals surface area contributed by atoms with E-state index in [1.165, 1.54) is 33.5 Å². The smallest absolute Gasteiger partial charge is 0.161 e. The van der Waals surface area contributed by atoms with Gasteiger partial charge in [0.1, 0.15) is 0 Å². The van der Waals surface area contributed by atoms with Crippen LogP contribution in [0.5, 0.6) is 23.0 Å². The molecule has 186 valence electrons. The highest BCUT2D eigenvalue weighted by Gasteiger charge is 2.34. The van der Waals surface area contributed by atoms with E-state index in [1.807, 2.05) is 0 Å². The lowest BCUT2D eigenvalue weighted by molar-refractivity contribution is 0.183. The second kappa shape index (κ2) is 9.94. The molecule has 0 amide bonds.